The number of piperazine rings is 1. The minimum absolute atomic E-state index is 0.0907. The van der Waals surface area contributed by atoms with Crippen molar-refractivity contribution < 1.29 is 13.3 Å². The van der Waals surface area contributed by atoms with Crippen molar-refractivity contribution in [2.75, 3.05) is 53.4 Å². The summed E-state index contributed by atoms with van der Waals surface area (Å²) in [6.45, 7) is 4.69. The first-order valence-electron chi connectivity index (χ1n) is 18.3. The molecule has 5 aromatic carbocycles. The second kappa shape index (κ2) is 17.1. The molecule has 0 unspecified atom stereocenters. The van der Waals surface area contributed by atoms with Gasteiger partial charge in [0.25, 0.3) is 15.7 Å². The zero-order valence-corrected chi connectivity index (χ0v) is 33.1. The van der Waals surface area contributed by atoms with Crippen LogP contribution >= 0.6 is 23.1 Å². The van der Waals surface area contributed by atoms with Crippen LogP contribution < -0.4 is 14.9 Å². The summed E-state index contributed by atoms with van der Waals surface area (Å²) in [5.74, 6) is 0.691. The molecule has 0 radical (unpaired) electrons. The molecule has 3 heterocycles. The van der Waals surface area contributed by atoms with Crippen LogP contribution in [0.1, 0.15) is 5.56 Å². The molecule has 57 heavy (non-hydrogen) atoms. The summed E-state index contributed by atoms with van der Waals surface area (Å²) in [6.07, 6.45) is 1.31. The minimum Gasteiger partial charge on any atom is -0.379 e. The van der Waals surface area contributed by atoms with E-state index >= 15 is 0 Å². The van der Waals surface area contributed by atoms with Crippen molar-refractivity contribution in [2.24, 2.45) is 0 Å². The maximum absolute atomic E-state index is 13.6. The molecular weight excluding hydrogens is 777 g/mol. The number of nitro benzene ring substituents is 1. The maximum Gasteiger partial charge on any atom is 0.293 e. The predicted octanol–water partition coefficient (Wildman–Crippen LogP) is 8.66. The van der Waals surface area contributed by atoms with Crippen LogP contribution in [-0.4, -0.2) is 71.7 Å². The highest BCUT2D eigenvalue weighted by molar-refractivity contribution is 8.01. The van der Waals surface area contributed by atoms with Gasteiger partial charge in [-0.15, -0.1) is 11.3 Å². The van der Waals surface area contributed by atoms with Crippen molar-refractivity contribution in [3.8, 4) is 22.4 Å². The number of aromatic nitrogens is 3. The monoisotopic (exact) mass is 814 g/mol. The van der Waals surface area contributed by atoms with Crippen molar-refractivity contribution in [3.63, 3.8) is 0 Å². The van der Waals surface area contributed by atoms with Gasteiger partial charge >= 0.3 is 0 Å². The molecule has 1 fully saturated rings. The number of thioether (sulfide) groups is 1. The molecule has 2 aromatic heterocycles. The normalized spacial score (nSPS) is 13.4. The number of hydrogen-bond donors (Lipinski definition) is 2. The summed E-state index contributed by atoms with van der Waals surface area (Å²) in [5.41, 5.74) is 7.15. The molecular formula is C42H38N8O4S3. The van der Waals surface area contributed by atoms with Crippen LogP contribution in [0.5, 0.6) is 0 Å². The lowest BCUT2D eigenvalue weighted by Gasteiger charge is -2.36. The number of sulfonamides is 1. The molecule has 7 aromatic rings. The minimum atomic E-state index is -4.24. The van der Waals surface area contributed by atoms with E-state index in [1.165, 1.54) is 35.2 Å². The third kappa shape index (κ3) is 8.92. The van der Waals surface area contributed by atoms with E-state index in [9.17, 15) is 18.5 Å². The number of benzene rings is 5. The molecule has 0 bridgehead atoms. The highest BCUT2D eigenvalue weighted by atomic mass is 32.2. The van der Waals surface area contributed by atoms with Gasteiger partial charge in [0.1, 0.15) is 12.0 Å². The first-order chi connectivity index (χ1) is 27.8. The molecule has 288 valence electrons. The summed E-state index contributed by atoms with van der Waals surface area (Å²) in [6, 6.07) is 38.4. The fourth-order valence-electron chi connectivity index (χ4n) is 6.84. The lowest BCUT2D eigenvalue weighted by molar-refractivity contribution is -0.384. The Morgan fingerprint density at radius 1 is 0.825 bits per heavy atom. The van der Waals surface area contributed by atoms with Crippen molar-refractivity contribution >= 4 is 66.9 Å². The van der Waals surface area contributed by atoms with Gasteiger partial charge in [-0.25, -0.2) is 23.4 Å². The number of fused-ring (bicyclic) bond motifs is 1. The predicted molar refractivity (Wildman–Crippen MR) is 230 cm³/mol. The summed E-state index contributed by atoms with van der Waals surface area (Å²) < 4.78 is 30.6. The number of nitrogens with zero attached hydrogens (tertiary/aromatic N) is 6. The highest BCUT2D eigenvalue weighted by Gasteiger charge is 2.24. The van der Waals surface area contributed by atoms with Crippen molar-refractivity contribution in [1.82, 2.24) is 19.9 Å². The molecule has 0 atom stereocenters. The summed E-state index contributed by atoms with van der Waals surface area (Å²) >= 11 is 3.08. The number of nitro groups is 1. The van der Waals surface area contributed by atoms with Gasteiger partial charge in [0.2, 0.25) is 0 Å². The topological polar surface area (TPSA) is 146 Å². The van der Waals surface area contributed by atoms with E-state index < -0.39 is 14.9 Å². The van der Waals surface area contributed by atoms with Crippen LogP contribution in [0.25, 0.3) is 33.3 Å². The number of hydrogen-bond acceptors (Lipinski definition) is 12. The number of thiazole rings is 1. The van der Waals surface area contributed by atoms with Crippen molar-refractivity contribution in [3.05, 3.63) is 149 Å². The molecule has 0 amide bonds. The smallest absolute Gasteiger partial charge is 0.293 e. The van der Waals surface area contributed by atoms with Crippen LogP contribution in [0.4, 0.5) is 22.9 Å². The molecule has 0 aliphatic carbocycles. The number of nitrogens with one attached hydrogen (secondary N) is 2. The van der Waals surface area contributed by atoms with E-state index in [4.69, 9.17) is 0 Å². The van der Waals surface area contributed by atoms with Crippen molar-refractivity contribution in [2.45, 2.75) is 15.8 Å². The summed E-state index contributed by atoms with van der Waals surface area (Å²) in [5, 5.41) is 17.7. The molecule has 8 rings (SSSR count). The van der Waals surface area contributed by atoms with E-state index in [0.29, 0.717) is 23.2 Å². The summed E-state index contributed by atoms with van der Waals surface area (Å²) in [4.78, 5) is 29.3. The zero-order valence-electron chi connectivity index (χ0n) is 30.7. The first kappa shape index (κ1) is 38.0. The van der Waals surface area contributed by atoms with Gasteiger partial charge in [0, 0.05) is 73.1 Å². The van der Waals surface area contributed by atoms with Crippen LogP contribution in [0.2, 0.25) is 0 Å². The third-order valence-corrected chi connectivity index (χ3v) is 13.1. The molecule has 0 saturated carbocycles. The Hall–Kier alpha value is -5.87. The highest BCUT2D eigenvalue weighted by Crippen LogP contribution is 2.32. The van der Waals surface area contributed by atoms with Gasteiger partial charge in [0.15, 0.2) is 10.2 Å². The van der Waals surface area contributed by atoms with Gasteiger partial charge in [-0.3, -0.25) is 19.7 Å². The second-order valence-corrected chi connectivity index (χ2v) is 17.3. The Balaban J connectivity index is 0.893. The zero-order chi connectivity index (χ0) is 39.2. The molecule has 1 saturated heterocycles. The molecule has 15 heteroatoms. The van der Waals surface area contributed by atoms with Crippen LogP contribution in [0.15, 0.2) is 142 Å². The van der Waals surface area contributed by atoms with E-state index in [1.54, 1.807) is 23.1 Å². The van der Waals surface area contributed by atoms with E-state index in [0.717, 1.165) is 60.1 Å². The van der Waals surface area contributed by atoms with Crippen LogP contribution in [0.3, 0.4) is 0 Å². The average molecular weight is 815 g/mol. The Kier molecular flexibility index (Phi) is 11.4. The Morgan fingerprint density at radius 2 is 1.56 bits per heavy atom. The first-order valence-corrected chi connectivity index (χ1v) is 21.7. The van der Waals surface area contributed by atoms with E-state index in [2.05, 4.69) is 83.3 Å². The Bertz CT molecular complexity index is 2620. The Labute approximate surface area is 338 Å². The van der Waals surface area contributed by atoms with Gasteiger partial charge in [-0.2, -0.15) is 0 Å². The standard InChI is InChI=1S/C42H38N8O4S3/c51-50(52)40-26-34(16-18-37(40)43-19-24-55-42-46-39(28-56-42)31-11-5-2-6-12-31)57(53,54)47-41-36-17-15-33(25-38(36)44-29-45-41)49-22-20-48(21-23-49)27-32-13-7-8-14-35(32)30-9-3-1-4-10-30/h1-18,25-26,28-29,43H,19-24,27H2,(H,44,45,47). The molecule has 0 spiro atoms. The third-order valence-electron chi connectivity index (χ3n) is 9.76. The van der Waals surface area contributed by atoms with Gasteiger partial charge < -0.3 is 10.2 Å². The number of rotatable bonds is 14. The fraction of sp³-hybridized carbons (Fsp3) is 0.167. The van der Waals surface area contributed by atoms with E-state index in [-0.39, 0.29) is 22.1 Å². The Morgan fingerprint density at radius 3 is 2.33 bits per heavy atom. The SMILES string of the molecule is O=[N+]([O-])c1cc(S(=O)(=O)Nc2ncnc3cc(N4CCN(Cc5ccccc5-c5ccccc5)CC4)ccc23)ccc1NCCSc1nc(-c2ccccc2)cs1. The fourth-order valence-corrected chi connectivity index (χ4v) is 9.65. The quantitative estimate of drug-likeness (QED) is 0.0471. The molecule has 2 N–H and O–H groups in total. The average Bonchev–Trinajstić information content (AvgIpc) is 3.72. The van der Waals surface area contributed by atoms with Gasteiger partial charge in [-0.05, 0) is 47.0 Å². The molecule has 1 aliphatic rings. The van der Waals surface area contributed by atoms with Crippen LogP contribution in [0, 0.1) is 10.1 Å². The lowest BCUT2D eigenvalue weighted by atomic mass is 9.99. The van der Waals surface area contributed by atoms with Gasteiger partial charge in [-0.1, -0.05) is 96.7 Å². The van der Waals surface area contributed by atoms with E-state index in [1.807, 2.05) is 60.0 Å². The summed E-state index contributed by atoms with van der Waals surface area (Å²) in [7, 11) is -4.24. The van der Waals surface area contributed by atoms with Crippen LogP contribution in [-0.2, 0) is 16.6 Å². The van der Waals surface area contributed by atoms with Gasteiger partial charge in [0.05, 0.1) is 21.0 Å². The molecule has 1 aliphatic heterocycles. The largest absolute Gasteiger partial charge is 0.379 e. The molecule has 12 nitrogen and oxygen atoms in total. The van der Waals surface area contributed by atoms with Crippen molar-refractivity contribution in [1.29, 1.82) is 0 Å². The maximum atomic E-state index is 13.6. The number of anilines is 3. The lowest BCUT2D eigenvalue weighted by Crippen LogP contribution is -2.46. The second-order valence-electron chi connectivity index (χ2n) is 13.4.